The Morgan fingerprint density at radius 3 is 2.31 bits per heavy atom. The summed E-state index contributed by atoms with van der Waals surface area (Å²) >= 11 is 0. The van der Waals surface area contributed by atoms with Gasteiger partial charge in [-0.3, -0.25) is 0 Å². The fraction of sp³-hybridized carbons (Fsp3) is 1.00. The third-order valence-corrected chi connectivity index (χ3v) is 5.46. The Hall–Kier alpha value is -0.0800. The summed E-state index contributed by atoms with van der Waals surface area (Å²) < 4.78 is 0. The van der Waals surface area contributed by atoms with E-state index in [1.54, 1.807) is 0 Å². The zero-order valence-electron chi connectivity index (χ0n) is 10.8. The number of hydrogen-bond donors (Lipinski definition) is 2. The van der Waals surface area contributed by atoms with Gasteiger partial charge in [-0.25, -0.2) is 0 Å². The summed E-state index contributed by atoms with van der Waals surface area (Å²) in [6, 6.07) is 0. The third-order valence-electron chi connectivity index (χ3n) is 5.46. The highest BCUT2D eigenvalue weighted by Gasteiger charge is 2.54. The zero-order chi connectivity index (χ0) is 11.8. The van der Waals surface area contributed by atoms with Gasteiger partial charge in [0.15, 0.2) is 0 Å². The minimum atomic E-state index is -0.481. The standard InChI is InChI=1S/C14H27NO/c1-11-5-8-14(16,12(2)9-11)13(10-15)6-3-4-7-13/h11-12,16H,3-10,15H2,1-2H3. The molecule has 16 heavy (non-hydrogen) atoms. The highest BCUT2D eigenvalue weighted by atomic mass is 16.3. The average Bonchev–Trinajstić information content (AvgIpc) is 2.74. The molecule has 0 radical (unpaired) electrons. The molecule has 2 saturated carbocycles. The largest absolute Gasteiger partial charge is 0.389 e. The van der Waals surface area contributed by atoms with Crippen LogP contribution in [0.15, 0.2) is 0 Å². The fourth-order valence-electron chi connectivity index (χ4n) is 4.28. The predicted molar refractivity (Wildman–Crippen MR) is 67.1 cm³/mol. The average molecular weight is 225 g/mol. The van der Waals surface area contributed by atoms with Crippen LogP contribution in [0.1, 0.15) is 58.8 Å². The molecule has 2 aliphatic carbocycles. The maximum absolute atomic E-state index is 11.1. The van der Waals surface area contributed by atoms with Crippen LogP contribution >= 0.6 is 0 Å². The van der Waals surface area contributed by atoms with Gasteiger partial charge in [-0.15, -0.1) is 0 Å². The Morgan fingerprint density at radius 2 is 1.81 bits per heavy atom. The Bertz CT molecular complexity index is 247. The maximum atomic E-state index is 11.1. The Kier molecular flexibility index (Phi) is 3.33. The second-order valence-electron chi connectivity index (χ2n) is 6.40. The van der Waals surface area contributed by atoms with Gasteiger partial charge in [-0.1, -0.05) is 26.7 Å². The fourth-order valence-corrected chi connectivity index (χ4v) is 4.28. The lowest BCUT2D eigenvalue weighted by Crippen LogP contribution is -2.57. The summed E-state index contributed by atoms with van der Waals surface area (Å²) in [5, 5.41) is 11.1. The van der Waals surface area contributed by atoms with Crippen molar-refractivity contribution in [2.45, 2.75) is 64.4 Å². The molecule has 0 bridgehead atoms. The van der Waals surface area contributed by atoms with Crippen molar-refractivity contribution in [2.75, 3.05) is 6.54 Å². The Morgan fingerprint density at radius 1 is 1.19 bits per heavy atom. The number of nitrogens with two attached hydrogens (primary N) is 1. The molecule has 0 aromatic heterocycles. The van der Waals surface area contributed by atoms with Crippen molar-refractivity contribution in [3.8, 4) is 0 Å². The molecule has 0 aromatic rings. The van der Waals surface area contributed by atoms with Crippen molar-refractivity contribution in [2.24, 2.45) is 23.0 Å². The van der Waals surface area contributed by atoms with Gasteiger partial charge >= 0.3 is 0 Å². The van der Waals surface area contributed by atoms with Crippen LogP contribution in [-0.2, 0) is 0 Å². The van der Waals surface area contributed by atoms with Gasteiger partial charge in [0.1, 0.15) is 0 Å². The van der Waals surface area contributed by atoms with Crippen molar-refractivity contribution < 1.29 is 5.11 Å². The van der Waals surface area contributed by atoms with E-state index in [2.05, 4.69) is 13.8 Å². The van der Waals surface area contributed by atoms with Crippen LogP contribution in [0.25, 0.3) is 0 Å². The second kappa shape index (κ2) is 4.30. The van der Waals surface area contributed by atoms with Crippen molar-refractivity contribution in [3.05, 3.63) is 0 Å². The van der Waals surface area contributed by atoms with Gasteiger partial charge < -0.3 is 10.8 Å². The summed E-state index contributed by atoms with van der Waals surface area (Å²) in [6.07, 6.45) is 8.08. The van der Waals surface area contributed by atoms with E-state index in [0.29, 0.717) is 12.5 Å². The van der Waals surface area contributed by atoms with Gasteiger partial charge in [0.2, 0.25) is 0 Å². The molecule has 3 atom stereocenters. The predicted octanol–water partition coefficient (Wildman–Crippen LogP) is 2.69. The molecule has 0 saturated heterocycles. The molecular formula is C14H27NO. The first-order chi connectivity index (χ1) is 7.54. The van der Waals surface area contributed by atoms with Crippen molar-refractivity contribution >= 4 is 0 Å². The molecule has 2 aliphatic rings. The highest BCUT2D eigenvalue weighted by molar-refractivity contribution is 5.06. The lowest BCUT2D eigenvalue weighted by atomic mass is 9.58. The van der Waals surface area contributed by atoms with Crippen LogP contribution in [0, 0.1) is 17.3 Å². The van der Waals surface area contributed by atoms with Gasteiger partial charge in [-0.2, -0.15) is 0 Å². The summed E-state index contributed by atoms with van der Waals surface area (Å²) in [5.41, 5.74) is 5.57. The van der Waals surface area contributed by atoms with Gasteiger partial charge in [-0.05, 0) is 43.9 Å². The molecule has 2 fully saturated rings. The lowest BCUT2D eigenvalue weighted by Gasteiger charge is -2.52. The summed E-state index contributed by atoms with van der Waals surface area (Å²) in [5.74, 6) is 1.18. The van der Waals surface area contributed by atoms with Crippen LogP contribution in [-0.4, -0.2) is 17.3 Å². The molecule has 3 unspecified atom stereocenters. The molecule has 0 aliphatic heterocycles. The van der Waals surface area contributed by atoms with Crippen LogP contribution in [0.5, 0.6) is 0 Å². The van der Waals surface area contributed by atoms with E-state index < -0.39 is 5.60 Å². The van der Waals surface area contributed by atoms with Crippen LogP contribution in [0.2, 0.25) is 0 Å². The van der Waals surface area contributed by atoms with Crippen molar-refractivity contribution in [3.63, 3.8) is 0 Å². The molecule has 0 amide bonds. The van der Waals surface area contributed by atoms with Gasteiger partial charge in [0.05, 0.1) is 5.60 Å². The molecule has 94 valence electrons. The van der Waals surface area contributed by atoms with E-state index in [0.717, 1.165) is 31.6 Å². The number of rotatable bonds is 2. The second-order valence-corrected chi connectivity index (χ2v) is 6.40. The minimum absolute atomic E-state index is 0.0343. The molecule has 2 heteroatoms. The maximum Gasteiger partial charge on any atom is 0.0741 e. The first kappa shape index (κ1) is 12.4. The van der Waals surface area contributed by atoms with E-state index in [1.165, 1.54) is 19.3 Å². The van der Waals surface area contributed by atoms with Crippen LogP contribution < -0.4 is 5.73 Å². The highest BCUT2D eigenvalue weighted by Crippen LogP contribution is 2.54. The summed E-state index contributed by atoms with van der Waals surface area (Å²) in [4.78, 5) is 0. The quantitative estimate of drug-likeness (QED) is 0.759. The molecular weight excluding hydrogens is 198 g/mol. The molecule has 2 nitrogen and oxygen atoms in total. The molecule has 0 aromatic carbocycles. The topological polar surface area (TPSA) is 46.2 Å². The normalized spacial score (nSPS) is 43.5. The van der Waals surface area contributed by atoms with Gasteiger partial charge in [0.25, 0.3) is 0 Å². The molecule has 3 N–H and O–H groups in total. The van der Waals surface area contributed by atoms with Gasteiger partial charge in [0, 0.05) is 12.0 Å². The third kappa shape index (κ3) is 1.70. The molecule has 0 heterocycles. The SMILES string of the molecule is CC1CCC(O)(C2(CN)CCCC2)C(C)C1. The van der Waals surface area contributed by atoms with E-state index in [4.69, 9.17) is 5.73 Å². The molecule has 0 spiro atoms. The van der Waals surface area contributed by atoms with E-state index in [1.807, 2.05) is 0 Å². The number of aliphatic hydroxyl groups is 1. The lowest BCUT2D eigenvalue weighted by molar-refractivity contribution is -0.144. The van der Waals surface area contributed by atoms with E-state index in [-0.39, 0.29) is 5.41 Å². The molecule has 2 rings (SSSR count). The Balaban J connectivity index is 2.22. The Labute approximate surface area is 99.6 Å². The first-order valence-electron chi connectivity index (χ1n) is 6.96. The first-order valence-corrected chi connectivity index (χ1v) is 6.96. The van der Waals surface area contributed by atoms with E-state index >= 15 is 0 Å². The van der Waals surface area contributed by atoms with Crippen molar-refractivity contribution in [1.82, 2.24) is 0 Å². The number of hydrogen-bond acceptors (Lipinski definition) is 2. The zero-order valence-corrected chi connectivity index (χ0v) is 10.8. The van der Waals surface area contributed by atoms with Crippen molar-refractivity contribution in [1.29, 1.82) is 0 Å². The summed E-state index contributed by atoms with van der Waals surface area (Å²) in [7, 11) is 0. The minimum Gasteiger partial charge on any atom is -0.389 e. The monoisotopic (exact) mass is 225 g/mol. The smallest absolute Gasteiger partial charge is 0.0741 e. The van der Waals surface area contributed by atoms with Crippen LogP contribution in [0.3, 0.4) is 0 Å². The van der Waals surface area contributed by atoms with E-state index in [9.17, 15) is 5.11 Å². The van der Waals surface area contributed by atoms with Crippen LogP contribution in [0.4, 0.5) is 0 Å². The summed E-state index contributed by atoms with van der Waals surface area (Å²) in [6.45, 7) is 5.20.